The molecule has 1 amide bonds. The minimum Gasteiger partial charge on any atom is -0.394 e. The highest BCUT2D eigenvalue weighted by Crippen LogP contribution is 2.22. The zero-order valence-electron chi connectivity index (χ0n) is 10.8. The summed E-state index contributed by atoms with van der Waals surface area (Å²) in [7, 11) is 1.60. The summed E-state index contributed by atoms with van der Waals surface area (Å²) in [5.41, 5.74) is 4.55. The highest BCUT2D eigenvalue weighted by molar-refractivity contribution is 5.94. The van der Waals surface area contributed by atoms with E-state index in [4.69, 9.17) is 10.5 Å². The van der Waals surface area contributed by atoms with E-state index in [0.29, 0.717) is 13.0 Å². The Morgan fingerprint density at radius 3 is 2.47 bits per heavy atom. The van der Waals surface area contributed by atoms with E-state index >= 15 is 0 Å². The molecule has 6 heteroatoms. The molecule has 1 aliphatic rings. The van der Waals surface area contributed by atoms with E-state index < -0.39 is 23.2 Å². The van der Waals surface area contributed by atoms with Gasteiger partial charge in [0, 0.05) is 19.2 Å². The van der Waals surface area contributed by atoms with Gasteiger partial charge in [-0.05, 0) is 25.5 Å². The molecule has 0 spiro atoms. The number of rotatable bonds is 2. The van der Waals surface area contributed by atoms with Crippen LogP contribution >= 0.6 is 0 Å². The molecule has 2 rings (SSSR count). The number of carbonyl (C=O) groups excluding carboxylic acids is 1. The van der Waals surface area contributed by atoms with Crippen LogP contribution in [0.15, 0.2) is 12.1 Å². The van der Waals surface area contributed by atoms with Crippen LogP contribution in [0.4, 0.5) is 14.5 Å². The van der Waals surface area contributed by atoms with Crippen LogP contribution in [-0.2, 0) is 4.74 Å². The molecule has 1 saturated heterocycles. The number of carbonyl (C=O) groups is 1. The Bertz CT molecular complexity index is 484. The predicted molar refractivity (Wildman–Crippen MR) is 66.7 cm³/mol. The lowest BCUT2D eigenvalue weighted by molar-refractivity contribution is 0.0574. The highest BCUT2D eigenvalue weighted by Gasteiger charge is 2.31. The Morgan fingerprint density at radius 1 is 1.42 bits per heavy atom. The Labute approximate surface area is 110 Å². The maximum atomic E-state index is 13.4. The number of nitrogens with zero attached hydrogens (tertiary/aromatic N) is 1. The van der Waals surface area contributed by atoms with E-state index in [2.05, 4.69) is 0 Å². The first-order valence-electron chi connectivity index (χ1n) is 6.05. The molecule has 0 bridgehead atoms. The Balaban J connectivity index is 2.24. The average molecular weight is 270 g/mol. The van der Waals surface area contributed by atoms with Gasteiger partial charge in [-0.25, -0.2) is 8.78 Å². The van der Waals surface area contributed by atoms with Gasteiger partial charge in [0.2, 0.25) is 0 Å². The van der Waals surface area contributed by atoms with Gasteiger partial charge in [-0.3, -0.25) is 4.79 Å². The number of anilines is 1. The van der Waals surface area contributed by atoms with Crippen LogP contribution in [0, 0.1) is 11.6 Å². The predicted octanol–water partition coefficient (Wildman–Crippen LogP) is 1.80. The first-order chi connectivity index (χ1) is 8.91. The third-order valence-corrected chi connectivity index (χ3v) is 3.48. The molecule has 19 heavy (non-hydrogen) atoms. The molecule has 1 aromatic carbocycles. The monoisotopic (exact) mass is 270 g/mol. The van der Waals surface area contributed by atoms with Gasteiger partial charge in [-0.2, -0.15) is 0 Å². The number of halogens is 2. The minimum absolute atomic E-state index is 0.0502. The van der Waals surface area contributed by atoms with Crippen LogP contribution in [0.2, 0.25) is 0 Å². The van der Waals surface area contributed by atoms with Crippen molar-refractivity contribution in [3.8, 4) is 0 Å². The van der Waals surface area contributed by atoms with Crippen LogP contribution in [0.3, 0.4) is 0 Å². The van der Waals surface area contributed by atoms with E-state index in [1.54, 1.807) is 7.05 Å². The molecule has 1 fully saturated rings. The standard InChI is InChI=1S/C13H16F2N2O2/c1-7-11(3-4-19-7)17(2)13(18)8-5-9(14)12(16)10(15)6-8/h5-7,11H,3-4,16H2,1-2H3. The summed E-state index contributed by atoms with van der Waals surface area (Å²) in [6, 6.07) is 1.83. The van der Waals surface area contributed by atoms with Crippen molar-refractivity contribution in [2.45, 2.75) is 25.5 Å². The molecule has 1 aliphatic heterocycles. The normalized spacial score (nSPS) is 22.5. The van der Waals surface area contributed by atoms with E-state index in [-0.39, 0.29) is 17.7 Å². The summed E-state index contributed by atoms with van der Waals surface area (Å²) in [5.74, 6) is -2.29. The molecule has 2 N–H and O–H groups in total. The molecule has 2 atom stereocenters. The number of benzene rings is 1. The second-order valence-electron chi connectivity index (χ2n) is 4.70. The fourth-order valence-corrected chi connectivity index (χ4v) is 2.29. The van der Waals surface area contributed by atoms with Gasteiger partial charge in [0.1, 0.15) is 17.3 Å². The SMILES string of the molecule is CC1OCCC1N(C)C(=O)c1cc(F)c(N)c(F)c1. The number of ether oxygens (including phenoxy) is 1. The fraction of sp³-hybridized carbons (Fsp3) is 0.462. The van der Waals surface area contributed by atoms with E-state index in [1.165, 1.54) is 4.90 Å². The number of amides is 1. The van der Waals surface area contributed by atoms with Crippen molar-refractivity contribution in [3.63, 3.8) is 0 Å². The van der Waals surface area contributed by atoms with E-state index in [0.717, 1.165) is 12.1 Å². The van der Waals surface area contributed by atoms with Gasteiger partial charge in [0.05, 0.1) is 12.1 Å². The summed E-state index contributed by atoms with van der Waals surface area (Å²) in [6.45, 7) is 2.44. The summed E-state index contributed by atoms with van der Waals surface area (Å²) in [4.78, 5) is 13.6. The number of hydrogen-bond acceptors (Lipinski definition) is 3. The van der Waals surface area contributed by atoms with Crippen molar-refractivity contribution in [1.29, 1.82) is 0 Å². The maximum absolute atomic E-state index is 13.4. The maximum Gasteiger partial charge on any atom is 0.254 e. The van der Waals surface area contributed by atoms with Crippen LogP contribution in [-0.4, -0.2) is 36.6 Å². The van der Waals surface area contributed by atoms with Crippen molar-refractivity contribution in [3.05, 3.63) is 29.3 Å². The molecular formula is C13H16F2N2O2. The first kappa shape index (κ1) is 13.7. The third-order valence-electron chi connectivity index (χ3n) is 3.48. The summed E-state index contributed by atoms with van der Waals surface area (Å²) < 4.78 is 32.1. The van der Waals surface area contributed by atoms with Crippen LogP contribution < -0.4 is 5.73 Å². The number of nitrogen functional groups attached to an aromatic ring is 1. The zero-order valence-corrected chi connectivity index (χ0v) is 10.8. The van der Waals surface area contributed by atoms with Crippen molar-refractivity contribution in [2.75, 3.05) is 19.4 Å². The fourth-order valence-electron chi connectivity index (χ4n) is 2.29. The minimum atomic E-state index is -0.924. The second-order valence-corrected chi connectivity index (χ2v) is 4.70. The molecule has 1 heterocycles. The van der Waals surface area contributed by atoms with Crippen molar-refractivity contribution < 1.29 is 18.3 Å². The average Bonchev–Trinajstić information content (AvgIpc) is 2.79. The number of nitrogens with two attached hydrogens (primary N) is 1. The topological polar surface area (TPSA) is 55.6 Å². The van der Waals surface area contributed by atoms with Gasteiger partial charge < -0.3 is 15.4 Å². The number of hydrogen-bond donors (Lipinski definition) is 1. The van der Waals surface area contributed by atoms with Gasteiger partial charge in [-0.15, -0.1) is 0 Å². The van der Waals surface area contributed by atoms with E-state index in [9.17, 15) is 13.6 Å². The van der Waals surface area contributed by atoms with Gasteiger partial charge in [0.15, 0.2) is 0 Å². The van der Waals surface area contributed by atoms with Gasteiger partial charge >= 0.3 is 0 Å². The van der Waals surface area contributed by atoms with Crippen LogP contribution in [0.1, 0.15) is 23.7 Å². The molecule has 0 radical (unpaired) electrons. The van der Waals surface area contributed by atoms with Crippen molar-refractivity contribution in [2.24, 2.45) is 0 Å². The molecule has 4 nitrogen and oxygen atoms in total. The third kappa shape index (κ3) is 2.53. The van der Waals surface area contributed by atoms with Crippen molar-refractivity contribution >= 4 is 11.6 Å². The Kier molecular flexibility index (Phi) is 3.71. The second kappa shape index (κ2) is 5.13. The quantitative estimate of drug-likeness (QED) is 0.834. The molecule has 0 aromatic heterocycles. The molecule has 104 valence electrons. The van der Waals surface area contributed by atoms with E-state index in [1.807, 2.05) is 6.92 Å². The lowest BCUT2D eigenvalue weighted by Gasteiger charge is -2.26. The summed E-state index contributed by atoms with van der Waals surface area (Å²) >= 11 is 0. The van der Waals surface area contributed by atoms with Gasteiger partial charge in [-0.1, -0.05) is 0 Å². The molecule has 2 unspecified atom stereocenters. The first-order valence-corrected chi connectivity index (χ1v) is 6.05. The molecule has 0 saturated carbocycles. The number of likely N-dealkylation sites (N-methyl/N-ethyl adjacent to an activating group) is 1. The Morgan fingerprint density at radius 2 is 2.00 bits per heavy atom. The summed E-state index contributed by atoms with van der Waals surface area (Å²) in [6.07, 6.45) is 0.626. The molecular weight excluding hydrogens is 254 g/mol. The largest absolute Gasteiger partial charge is 0.394 e. The van der Waals surface area contributed by atoms with Gasteiger partial charge in [0.25, 0.3) is 5.91 Å². The van der Waals surface area contributed by atoms with Crippen LogP contribution in [0.5, 0.6) is 0 Å². The highest BCUT2D eigenvalue weighted by atomic mass is 19.1. The smallest absolute Gasteiger partial charge is 0.254 e. The molecule has 1 aromatic rings. The Hall–Kier alpha value is -1.69. The zero-order chi connectivity index (χ0) is 14.2. The molecule has 0 aliphatic carbocycles. The lowest BCUT2D eigenvalue weighted by Crippen LogP contribution is -2.41. The summed E-state index contributed by atoms with van der Waals surface area (Å²) in [5, 5.41) is 0. The van der Waals surface area contributed by atoms with Crippen LogP contribution in [0.25, 0.3) is 0 Å². The van der Waals surface area contributed by atoms with Crippen molar-refractivity contribution in [1.82, 2.24) is 4.90 Å². The lowest BCUT2D eigenvalue weighted by atomic mass is 10.1.